The minimum Gasteiger partial charge on any atom is -0.376 e. The van der Waals surface area contributed by atoms with Crippen LogP contribution in [0.25, 0.3) is 0 Å². The Morgan fingerprint density at radius 3 is 2.17 bits per heavy atom. The van der Waals surface area contributed by atoms with E-state index < -0.39 is 0 Å². The highest BCUT2D eigenvalue weighted by Crippen LogP contribution is 2.26. The SMILES string of the molecule is NCCC1CN(CC(c2ccccc2)c2ccccc2)CCO1. The minimum atomic E-state index is 0.279. The molecular formula is C20H26N2O. The van der Waals surface area contributed by atoms with Crippen LogP contribution in [0.15, 0.2) is 60.7 Å². The Morgan fingerprint density at radius 1 is 1.00 bits per heavy atom. The second-order valence-electron chi connectivity index (χ2n) is 6.20. The molecule has 1 saturated heterocycles. The molecule has 0 radical (unpaired) electrons. The van der Waals surface area contributed by atoms with Crippen LogP contribution in [-0.4, -0.2) is 43.8 Å². The molecule has 3 nitrogen and oxygen atoms in total. The zero-order chi connectivity index (χ0) is 15.9. The van der Waals surface area contributed by atoms with Crippen molar-refractivity contribution in [1.29, 1.82) is 0 Å². The first-order valence-corrected chi connectivity index (χ1v) is 8.50. The first-order chi connectivity index (χ1) is 11.4. The Kier molecular flexibility index (Phi) is 5.81. The summed E-state index contributed by atoms with van der Waals surface area (Å²) in [6.07, 6.45) is 1.22. The Bertz CT molecular complexity index is 531. The van der Waals surface area contributed by atoms with Crippen LogP contribution >= 0.6 is 0 Å². The minimum absolute atomic E-state index is 0.279. The van der Waals surface area contributed by atoms with Crippen molar-refractivity contribution in [3.8, 4) is 0 Å². The Labute approximate surface area is 139 Å². The second-order valence-corrected chi connectivity index (χ2v) is 6.20. The predicted octanol–water partition coefficient (Wildman–Crippen LogP) is 2.87. The molecule has 0 saturated carbocycles. The number of ether oxygens (including phenoxy) is 1. The zero-order valence-corrected chi connectivity index (χ0v) is 13.6. The fraction of sp³-hybridized carbons (Fsp3) is 0.400. The molecule has 2 aromatic carbocycles. The molecule has 23 heavy (non-hydrogen) atoms. The molecule has 0 bridgehead atoms. The van der Waals surface area contributed by atoms with Gasteiger partial charge in [-0.1, -0.05) is 60.7 Å². The maximum Gasteiger partial charge on any atom is 0.0714 e. The van der Waals surface area contributed by atoms with Gasteiger partial charge in [0.1, 0.15) is 0 Å². The Morgan fingerprint density at radius 2 is 1.61 bits per heavy atom. The Hall–Kier alpha value is -1.68. The van der Waals surface area contributed by atoms with Crippen molar-refractivity contribution in [3.63, 3.8) is 0 Å². The van der Waals surface area contributed by atoms with Crippen LogP contribution in [0, 0.1) is 0 Å². The van der Waals surface area contributed by atoms with Gasteiger partial charge in [-0.3, -0.25) is 4.90 Å². The summed E-state index contributed by atoms with van der Waals surface area (Å²) in [5.74, 6) is 0.397. The quantitative estimate of drug-likeness (QED) is 0.891. The number of morpholine rings is 1. The lowest BCUT2D eigenvalue weighted by Crippen LogP contribution is -2.44. The highest BCUT2D eigenvalue weighted by Gasteiger charge is 2.24. The molecule has 0 aromatic heterocycles. The molecule has 1 unspecified atom stereocenters. The summed E-state index contributed by atoms with van der Waals surface area (Å²) < 4.78 is 5.82. The van der Waals surface area contributed by atoms with Crippen molar-refractivity contribution in [2.75, 3.05) is 32.8 Å². The van der Waals surface area contributed by atoms with E-state index >= 15 is 0 Å². The van der Waals surface area contributed by atoms with Crippen LogP contribution in [0.4, 0.5) is 0 Å². The van der Waals surface area contributed by atoms with Gasteiger partial charge in [0.05, 0.1) is 12.7 Å². The molecule has 1 aliphatic heterocycles. The average molecular weight is 310 g/mol. The molecule has 3 heteroatoms. The lowest BCUT2D eigenvalue weighted by Gasteiger charge is -2.35. The van der Waals surface area contributed by atoms with Gasteiger partial charge in [0.15, 0.2) is 0 Å². The summed E-state index contributed by atoms with van der Waals surface area (Å²) in [7, 11) is 0. The van der Waals surface area contributed by atoms with Gasteiger partial charge < -0.3 is 10.5 Å². The monoisotopic (exact) mass is 310 g/mol. The third kappa shape index (κ3) is 4.41. The fourth-order valence-electron chi connectivity index (χ4n) is 3.34. The summed E-state index contributed by atoms with van der Waals surface area (Å²) >= 11 is 0. The van der Waals surface area contributed by atoms with Crippen molar-refractivity contribution in [2.45, 2.75) is 18.4 Å². The van der Waals surface area contributed by atoms with Crippen molar-refractivity contribution >= 4 is 0 Å². The number of nitrogens with two attached hydrogens (primary N) is 1. The van der Waals surface area contributed by atoms with Gasteiger partial charge in [-0.25, -0.2) is 0 Å². The molecule has 122 valence electrons. The predicted molar refractivity (Wildman–Crippen MR) is 94.6 cm³/mol. The van der Waals surface area contributed by atoms with Crippen LogP contribution in [-0.2, 0) is 4.74 Å². The van der Waals surface area contributed by atoms with Crippen molar-refractivity contribution in [1.82, 2.24) is 4.90 Å². The first-order valence-electron chi connectivity index (χ1n) is 8.50. The number of benzene rings is 2. The number of hydrogen-bond donors (Lipinski definition) is 1. The van der Waals surface area contributed by atoms with E-state index in [0.29, 0.717) is 12.5 Å². The van der Waals surface area contributed by atoms with E-state index in [1.54, 1.807) is 0 Å². The highest BCUT2D eigenvalue weighted by molar-refractivity contribution is 5.32. The normalized spacial score (nSPS) is 19.1. The molecule has 0 amide bonds. The summed E-state index contributed by atoms with van der Waals surface area (Å²) in [6.45, 7) is 4.50. The van der Waals surface area contributed by atoms with Gasteiger partial charge in [0.2, 0.25) is 0 Å². The smallest absolute Gasteiger partial charge is 0.0714 e. The fourth-order valence-corrected chi connectivity index (χ4v) is 3.34. The molecule has 2 N–H and O–H groups in total. The number of rotatable bonds is 6. The highest BCUT2D eigenvalue weighted by atomic mass is 16.5. The van der Waals surface area contributed by atoms with Crippen LogP contribution in [0.3, 0.4) is 0 Å². The lowest BCUT2D eigenvalue weighted by molar-refractivity contribution is -0.0314. The third-order valence-electron chi connectivity index (χ3n) is 4.56. The van der Waals surface area contributed by atoms with Crippen LogP contribution in [0.5, 0.6) is 0 Å². The maximum atomic E-state index is 5.82. The molecule has 1 heterocycles. The number of hydrogen-bond acceptors (Lipinski definition) is 3. The summed E-state index contributed by atoms with van der Waals surface area (Å²) in [4.78, 5) is 2.52. The lowest BCUT2D eigenvalue weighted by atomic mass is 9.90. The molecule has 1 atom stereocenters. The second kappa shape index (κ2) is 8.25. The van der Waals surface area contributed by atoms with E-state index in [1.165, 1.54) is 11.1 Å². The summed E-state index contributed by atoms with van der Waals surface area (Å²) in [5, 5.41) is 0. The van der Waals surface area contributed by atoms with E-state index in [9.17, 15) is 0 Å². The van der Waals surface area contributed by atoms with Crippen molar-refractivity contribution in [2.24, 2.45) is 5.73 Å². The van der Waals surface area contributed by atoms with E-state index in [4.69, 9.17) is 10.5 Å². The van der Waals surface area contributed by atoms with Crippen LogP contribution in [0.2, 0.25) is 0 Å². The molecular weight excluding hydrogens is 284 g/mol. The first kappa shape index (κ1) is 16.2. The van der Waals surface area contributed by atoms with E-state index in [0.717, 1.165) is 32.7 Å². The number of nitrogens with zero attached hydrogens (tertiary/aromatic N) is 1. The maximum absolute atomic E-state index is 5.82. The van der Waals surface area contributed by atoms with E-state index in [1.807, 2.05) is 0 Å². The van der Waals surface area contributed by atoms with Crippen molar-refractivity contribution in [3.05, 3.63) is 71.8 Å². The van der Waals surface area contributed by atoms with Crippen molar-refractivity contribution < 1.29 is 4.74 Å². The molecule has 2 aromatic rings. The van der Waals surface area contributed by atoms with Gasteiger partial charge in [-0.15, -0.1) is 0 Å². The van der Waals surface area contributed by atoms with Gasteiger partial charge in [0, 0.05) is 25.6 Å². The van der Waals surface area contributed by atoms with Gasteiger partial charge in [-0.2, -0.15) is 0 Å². The van der Waals surface area contributed by atoms with Gasteiger partial charge >= 0.3 is 0 Å². The molecule has 0 spiro atoms. The molecule has 1 fully saturated rings. The third-order valence-corrected chi connectivity index (χ3v) is 4.56. The largest absolute Gasteiger partial charge is 0.376 e. The molecule has 1 aliphatic rings. The standard InChI is InChI=1S/C20H26N2O/c21-12-11-19-15-22(13-14-23-19)16-20(17-7-3-1-4-8-17)18-9-5-2-6-10-18/h1-10,19-20H,11-16,21H2. The van der Waals surface area contributed by atoms with E-state index in [-0.39, 0.29) is 6.10 Å². The topological polar surface area (TPSA) is 38.5 Å². The summed E-state index contributed by atoms with van der Waals surface area (Å²) in [5.41, 5.74) is 8.44. The van der Waals surface area contributed by atoms with Gasteiger partial charge in [-0.05, 0) is 24.1 Å². The molecule has 3 rings (SSSR count). The Balaban J connectivity index is 1.77. The van der Waals surface area contributed by atoms with Gasteiger partial charge in [0.25, 0.3) is 0 Å². The van der Waals surface area contributed by atoms with Crippen LogP contribution in [0.1, 0.15) is 23.5 Å². The van der Waals surface area contributed by atoms with E-state index in [2.05, 4.69) is 65.6 Å². The zero-order valence-electron chi connectivity index (χ0n) is 13.6. The van der Waals surface area contributed by atoms with Crippen LogP contribution < -0.4 is 5.73 Å². The summed E-state index contributed by atoms with van der Waals surface area (Å²) in [6, 6.07) is 21.6. The average Bonchev–Trinajstić information content (AvgIpc) is 2.62. The molecule has 0 aliphatic carbocycles.